The van der Waals surface area contributed by atoms with Crippen LogP contribution in [0.5, 0.6) is 0 Å². The van der Waals surface area contributed by atoms with E-state index in [4.69, 9.17) is 0 Å². The third-order valence-corrected chi connectivity index (χ3v) is 2.80. The van der Waals surface area contributed by atoms with Crippen LogP contribution in [0.15, 0.2) is 11.4 Å². The molecule has 0 saturated heterocycles. The summed E-state index contributed by atoms with van der Waals surface area (Å²) in [5.41, 5.74) is 1.15. The van der Waals surface area contributed by atoms with Crippen LogP contribution in [-0.2, 0) is 6.42 Å². The monoisotopic (exact) mass is 192 g/mol. The second kappa shape index (κ2) is 4.84. The van der Waals surface area contributed by atoms with Crippen molar-refractivity contribution in [3.63, 3.8) is 0 Å². The smallest absolute Gasteiger partial charge is 0.184 e. The molecule has 0 unspecified atom stereocenters. The Morgan fingerprint density at radius 2 is 2.38 bits per heavy atom. The molecule has 0 fully saturated rings. The first-order valence-corrected chi connectivity index (χ1v) is 5.16. The number of Topliss-reactive ketones (excluding diaryl/α,β-unsaturated/α-hetero) is 1. The number of aryl methyl sites for hydroxylation is 1. The maximum absolute atomic E-state index is 11.6. The zero-order chi connectivity index (χ0) is 9.68. The van der Waals surface area contributed by atoms with Crippen LogP contribution in [0.1, 0.15) is 35.5 Å². The van der Waals surface area contributed by atoms with E-state index in [1.165, 1.54) is 11.3 Å². The van der Waals surface area contributed by atoms with Crippen molar-refractivity contribution < 1.29 is 4.79 Å². The average Bonchev–Trinajstić information content (AvgIpc) is 2.61. The lowest BCUT2D eigenvalue weighted by molar-refractivity contribution is 0.100. The van der Waals surface area contributed by atoms with E-state index in [1.54, 1.807) is 6.92 Å². The Morgan fingerprint density at radius 1 is 1.62 bits per heavy atom. The standard InChI is InChI=1S/C11H12OS/c1-3-5-6-10(12)11-9(4-2)7-8-13-11/h7-8H,4,6H2,1-2H3. The first-order chi connectivity index (χ1) is 6.29. The molecule has 0 amide bonds. The summed E-state index contributed by atoms with van der Waals surface area (Å²) in [5.74, 6) is 5.68. The molecule has 0 aromatic carbocycles. The van der Waals surface area contributed by atoms with Crippen LogP contribution in [0.3, 0.4) is 0 Å². The molecular formula is C11H12OS. The summed E-state index contributed by atoms with van der Waals surface area (Å²) in [7, 11) is 0. The molecule has 0 saturated carbocycles. The van der Waals surface area contributed by atoms with Crippen LogP contribution in [0.2, 0.25) is 0 Å². The first-order valence-electron chi connectivity index (χ1n) is 4.28. The SMILES string of the molecule is CC#CCC(=O)c1sccc1CC. The number of carbonyl (C=O) groups excluding carboxylic acids is 1. The van der Waals surface area contributed by atoms with Gasteiger partial charge in [0.25, 0.3) is 0 Å². The van der Waals surface area contributed by atoms with E-state index in [2.05, 4.69) is 18.8 Å². The summed E-state index contributed by atoms with van der Waals surface area (Å²) in [6.07, 6.45) is 1.27. The van der Waals surface area contributed by atoms with E-state index < -0.39 is 0 Å². The summed E-state index contributed by atoms with van der Waals surface area (Å²) in [6, 6.07) is 2.01. The fraction of sp³-hybridized carbons (Fsp3) is 0.364. The van der Waals surface area contributed by atoms with Gasteiger partial charge in [-0.15, -0.1) is 17.3 Å². The lowest BCUT2D eigenvalue weighted by atomic mass is 10.1. The van der Waals surface area contributed by atoms with Crippen molar-refractivity contribution in [2.75, 3.05) is 0 Å². The van der Waals surface area contributed by atoms with Crippen molar-refractivity contribution in [1.29, 1.82) is 0 Å². The van der Waals surface area contributed by atoms with Crippen LogP contribution < -0.4 is 0 Å². The topological polar surface area (TPSA) is 17.1 Å². The molecule has 0 aliphatic rings. The third-order valence-electron chi connectivity index (χ3n) is 1.81. The van der Waals surface area contributed by atoms with E-state index in [1.807, 2.05) is 11.4 Å². The van der Waals surface area contributed by atoms with Gasteiger partial charge in [0.05, 0.1) is 11.3 Å². The molecule has 0 atom stereocenters. The van der Waals surface area contributed by atoms with Crippen molar-refractivity contribution in [2.45, 2.75) is 26.7 Å². The van der Waals surface area contributed by atoms with Crippen LogP contribution >= 0.6 is 11.3 Å². The molecule has 0 N–H and O–H groups in total. The maximum Gasteiger partial charge on any atom is 0.184 e. The number of hydrogen-bond acceptors (Lipinski definition) is 2. The van der Waals surface area contributed by atoms with Gasteiger partial charge in [0, 0.05) is 0 Å². The average molecular weight is 192 g/mol. The molecule has 0 radical (unpaired) electrons. The van der Waals surface area contributed by atoms with Crippen LogP contribution in [-0.4, -0.2) is 5.78 Å². The van der Waals surface area contributed by atoms with Crippen molar-refractivity contribution in [3.05, 3.63) is 21.9 Å². The summed E-state index contributed by atoms with van der Waals surface area (Å²) in [6.45, 7) is 3.81. The van der Waals surface area contributed by atoms with Gasteiger partial charge in [0.1, 0.15) is 0 Å². The van der Waals surface area contributed by atoms with Crippen molar-refractivity contribution in [2.24, 2.45) is 0 Å². The summed E-state index contributed by atoms with van der Waals surface area (Å²) >= 11 is 1.52. The molecule has 1 nitrogen and oxygen atoms in total. The molecule has 68 valence electrons. The molecule has 0 spiro atoms. The van der Waals surface area contributed by atoms with Crippen LogP contribution in [0.25, 0.3) is 0 Å². The van der Waals surface area contributed by atoms with Gasteiger partial charge >= 0.3 is 0 Å². The van der Waals surface area contributed by atoms with E-state index in [-0.39, 0.29) is 5.78 Å². The van der Waals surface area contributed by atoms with Crippen molar-refractivity contribution >= 4 is 17.1 Å². The minimum atomic E-state index is 0.154. The number of rotatable bonds is 3. The fourth-order valence-corrected chi connectivity index (χ4v) is 2.04. The Morgan fingerprint density at radius 3 is 3.00 bits per heavy atom. The highest BCUT2D eigenvalue weighted by atomic mass is 32.1. The Kier molecular flexibility index (Phi) is 3.72. The lowest BCUT2D eigenvalue weighted by Gasteiger charge is -1.95. The minimum absolute atomic E-state index is 0.154. The second-order valence-electron chi connectivity index (χ2n) is 2.66. The van der Waals surface area contributed by atoms with Crippen LogP contribution in [0.4, 0.5) is 0 Å². The third kappa shape index (κ3) is 2.43. The van der Waals surface area contributed by atoms with Gasteiger partial charge in [-0.2, -0.15) is 0 Å². The van der Waals surface area contributed by atoms with Gasteiger partial charge in [-0.1, -0.05) is 12.8 Å². The van der Waals surface area contributed by atoms with E-state index in [0.29, 0.717) is 6.42 Å². The zero-order valence-corrected chi connectivity index (χ0v) is 8.70. The highest BCUT2D eigenvalue weighted by Gasteiger charge is 2.09. The first kappa shape index (κ1) is 10.0. The quantitative estimate of drug-likeness (QED) is 0.531. The van der Waals surface area contributed by atoms with Gasteiger partial charge in [0.2, 0.25) is 0 Å². The normalized spacial score (nSPS) is 9.08. The predicted octanol–water partition coefficient (Wildman–Crippen LogP) is 2.91. The highest BCUT2D eigenvalue weighted by Crippen LogP contribution is 2.18. The molecule has 1 heterocycles. The molecule has 0 bridgehead atoms. The van der Waals surface area contributed by atoms with E-state index >= 15 is 0 Å². The Hall–Kier alpha value is -1.07. The largest absolute Gasteiger partial charge is 0.292 e. The van der Waals surface area contributed by atoms with Gasteiger partial charge < -0.3 is 0 Å². The Labute approximate surface area is 82.8 Å². The van der Waals surface area contributed by atoms with Gasteiger partial charge in [0.15, 0.2) is 5.78 Å². The number of ketones is 1. The zero-order valence-electron chi connectivity index (χ0n) is 7.89. The Balaban J connectivity index is 2.79. The highest BCUT2D eigenvalue weighted by molar-refractivity contribution is 7.12. The lowest BCUT2D eigenvalue weighted by Crippen LogP contribution is -1.97. The minimum Gasteiger partial charge on any atom is -0.292 e. The van der Waals surface area contributed by atoms with E-state index in [0.717, 1.165) is 16.9 Å². The summed E-state index contributed by atoms with van der Waals surface area (Å²) < 4.78 is 0. The number of carbonyl (C=O) groups is 1. The van der Waals surface area contributed by atoms with Crippen molar-refractivity contribution in [1.82, 2.24) is 0 Å². The van der Waals surface area contributed by atoms with Gasteiger partial charge in [-0.25, -0.2) is 0 Å². The fourth-order valence-electron chi connectivity index (χ4n) is 1.11. The molecular weight excluding hydrogens is 180 g/mol. The maximum atomic E-state index is 11.6. The van der Waals surface area contributed by atoms with Crippen molar-refractivity contribution in [3.8, 4) is 11.8 Å². The molecule has 2 heteroatoms. The molecule has 0 aliphatic heterocycles. The Bertz CT molecular complexity index is 352. The molecule has 1 aromatic heterocycles. The molecule has 0 aliphatic carbocycles. The molecule has 13 heavy (non-hydrogen) atoms. The van der Waals surface area contributed by atoms with Gasteiger partial charge in [-0.3, -0.25) is 4.79 Å². The van der Waals surface area contributed by atoms with Crippen LogP contribution in [0, 0.1) is 11.8 Å². The second-order valence-corrected chi connectivity index (χ2v) is 3.57. The molecule has 1 rings (SSSR count). The molecule has 1 aromatic rings. The van der Waals surface area contributed by atoms with E-state index in [9.17, 15) is 4.79 Å². The van der Waals surface area contributed by atoms with Gasteiger partial charge in [-0.05, 0) is 30.4 Å². The number of thiophene rings is 1. The number of hydrogen-bond donors (Lipinski definition) is 0. The summed E-state index contributed by atoms with van der Waals surface area (Å²) in [4.78, 5) is 12.4. The predicted molar refractivity (Wildman–Crippen MR) is 56.1 cm³/mol. The summed E-state index contributed by atoms with van der Waals surface area (Å²) in [5, 5.41) is 1.96.